The van der Waals surface area contributed by atoms with Gasteiger partial charge in [-0.2, -0.15) is 0 Å². The van der Waals surface area contributed by atoms with Crippen molar-refractivity contribution in [3.8, 4) is 0 Å². The highest BCUT2D eigenvalue weighted by Gasteiger charge is 2.29. The average Bonchev–Trinajstić information content (AvgIpc) is 2.37. The number of anilines is 2. The molecule has 2 heterocycles. The molecule has 0 spiro atoms. The number of aliphatic hydroxyl groups is 1. The summed E-state index contributed by atoms with van der Waals surface area (Å²) >= 11 is 0. The van der Waals surface area contributed by atoms with E-state index in [9.17, 15) is 5.11 Å². The Morgan fingerprint density at radius 3 is 2.35 bits per heavy atom. The van der Waals surface area contributed by atoms with Gasteiger partial charge in [-0.15, -0.1) is 0 Å². The normalized spacial score (nSPS) is 19.0. The molecule has 0 aromatic carbocycles. The Morgan fingerprint density at radius 2 is 1.85 bits per heavy atom. The number of aromatic nitrogens is 2. The maximum Gasteiger partial charge on any atom is 0.138 e. The number of piperidine rings is 1. The molecule has 0 atom stereocenters. The fourth-order valence-corrected chi connectivity index (χ4v) is 2.28. The van der Waals surface area contributed by atoms with Gasteiger partial charge in [-0.1, -0.05) is 20.8 Å². The van der Waals surface area contributed by atoms with Crippen molar-refractivity contribution in [1.29, 1.82) is 0 Å². The van der Waals surface area contributed by atoms with Crippen LogP contribution in [-0.2, 0) is 5.41 Å². The SMILES string of the molecule is CNc1cc(N2CCC(C)(O)CC2)nc(C(C)(C)C)n1. The molecule has 2 N–H and O–H groups in total. The first-order valence-corrected chi connectivity index (χ1v) is 7.26. The molecule has 1 aromatic rings. The van der Waals surface area contributed by atoms with Crippen LogP contribution in [0.5, 0.6) is 0 Å². The average molecular weight is 278 g/mol. The molecular weight excluding hydrogens is 252 g/mol. The van der Waals surface area contributed by atoms with E-state index in [1.165, 1.54) is 0 Å². The molecule has 5 nitrogen and oxygen atoms in total. The van der Waals surface area contributed by atoms with Gasteiger partial charge in [-0.05, 0) is 19.8 Å². The Labute approximate surface area is 121 Å². The van der Waals surface area contributed by atoms with Crippen molar-refractivity contribution in [3.63, 3.8) is 0 Å². The molecule has 1 aliphatic rings. The van der Waals surface area contributed by atoms with Gasteiger partial charge in [-0.25, -0.2) is 9.97 Å². The summed E-state index contributed by atoms with van der Waals surface area (Å²) in [4.78, 5) is 11.5. The van der Waals surface area contributed by atoms with Crippen LogP contribution in [0.3, 0.4) is 0 Å². The highest BCUT2D eigenvalue weighted by Crippen LogP contribution is 2.28. The second-order valence-corrected chi connectivity index (χ2v) is 6.92. The van der Waals surface area contributed by atoms with Gasteiger partial charge >= 0.3 is 0 Å². The second kappa shape index (κ2) is 5.20. The summed E-state index contributed by atoms with van der Waals surface area (Å²) in [6.07, 6.45) is 1.55. The highest BCUT2D eigenvalue weighted by molar-refractivity contribution is 5.50. The van der Waals surface area contributed by atoms with E-state index in [1.807, 2.05) is 20.0 Å². The van der Waals surface area contributed by atoms with Crippen LogP contribution in [-0.4, -0.2) is 40.8 Å². The lowest BCUT2D eigenvalue weighted by Gasteiger charge is -2.36. The summed E-state index contributed by atoms with van der Waals surface area (Å²) in [5.41, 5.74) is -0.620. The van der Waals surface area contributed by atoms with E-state index < -0.39 is 5.60 Å². The van der Waals surface area contributed by atoms with E-state index in [0.717, 1.165) is 43.4 Å². The molecule has 2 rings (SSSR count). The van der Waals surface area contributed by atoms with Crippen LogP contribution in [0.15, 0.2) is 6.07 Å². The fraction of sp³-hybridized carbons (Fsp3) is 0.733. The molecule has 0 unspecified atom stereocenters. The third-order valence-electron chi connectivity index (χ3n) is 3.80. The van der Waals surface area contributed by atoms with E-state index >= 15 is 0 Å². The van der Waals surface area contributed by atoms with Gasteiger partial charge in [0.1, 0.15) is 17.5 Å². The van der Waals surface area contributed by atoms with Crippen molar-refractivity contribution in [3.05, 3.63) is 11.9 Å². The Hall–Kier alpha value is -1.36. The summed E-state index contributed by atoms with van der Waals surface area (Å²) < 4.78 is 0. The van der Waals surface area contributed by atoms with Crippen LogP contribution < -0.4 is 10.2 Å². The van der Waals surface area contributed by atoms with Crippen LogP contribution in [0.2, 0.25) is 0 Å². The van der Waals surface area contributed by atoms with Gasteiger partial charge in [0.05, 0.1) is 5.60 Å². The van der Waals surface area contributed by atoms with E-state index in [2.05, 4.69) is 36.0 Å². The monoisotopic (exact) mass is 278 g/mol. The summed E-state index contributed by atoms with van der Waals surface area (Å²) in [6, 6.07) is 1.98. The zero-order chi connectivity index (χ0) is 15.0. The molecule has 0 saturated carbocycles. The quantitative estimate of drug-likeness (QED) is 0.868. The molecule has 0 aliphatic carbocycles. The molecule has 112 valence electrons. The van der Waals surface area contributed by atoms with E-state index in [0.29, 0.717) is 0 Å². The molecular formula is C15H26N4O. The van der Waals surface area contributed by atoms with Gasteiger partial charge in [0.25, 0.3) is 0 Å². The minimum Gasteiger partial charge on any atom is -0.390 e. The van der Waals surface area contributed by atoms with Crippen LogP contribution in [0.1, 0.15) is 46.4 Å². The summed E-state index contributed by atoms with van der Waals surface area (Å²) in [7, 11) is 1.87. The van der Waals surface area contributed by atoms with Gasteiger partial charge in [0.15, 0.2) is 0 Å². The lowest BCUT2D eigenvalue weighted by atomic mass is 9.93. The molecule has 1 aliphatic heterocycles. The smallest absolute Gasteiger partial charge is 0.138 e. The predicted octanol–water partition coefficient (Wildman–Crippen LogP) is 2.17. The first-order chi connectivity index (χ1) is 9.21. The second-order valence-electron chi connectivity index (χ2n) is 6.92. The molecule has 0 amide bonds. The highest BCUT2D eigenvalue weighted by atomic mass is 16.3. The number of nitrogens with zero attached hydrogens (tertiary/aromatic N) is 3. The third kappa shape index (κ3) is 3.39. The zero-order valence-corrected chi connectivity index (χ0v) is 13.2. The number of hydrogen-bond donors (Lipinski definition) is 2. The maximum atomic E-state index is 10.1. The summed E-state index contributed by atoms with van der Waals surface area (Å²) in [5.74, 6) is 2.64. The van der Waals surface area contributed by atoms with Crippen molar-refractivity contribution in [2.45, 2.75) is 51.6 Å². The number of nitrogens with one attached hydrogen (secondary N) is 1. The Kier molecular flexibility index (Phi) is 3.91. The molecule has 0 radical (unpaired) electrons. The van der Waals surface area contributed by atoms with Crippen LogP contribution in [0, 0.1) is 0 Å². The first-order valence-electron chi connectivity index (χ1n) is 7.26. The van der Waals surface area contributed by atoms with Crippen LogP contribution in [0.4, 0.5) is 11.6 Å². The predicted molar refractivity (Wildman–Crippen MR) is 82.3 cm³/mol. The van der Waals surface area contributed by atoms with Gasteiger partial charge < -0.3 is 15.3 Å². The largest absolute Gasteiger partial charge is 0.390 e. The Bertz CT molecular complexity index is 469. The molecule has 5 heteroatoms. The van der Waals surface area contributed by atoms with E-state index in [-0.39, 0.29) is 5.41 Å². The van der Waals surface area contributed by atoms with Crippen molar-refractivity contribution in [1.82, 2.24) is 9.97 Å². The van der Waals surface area contributed by atoms with Gasteiger partial charge in [0, 0.05) is 31.6 Å². The van der Waals surface area contributed by atoms with Gasteiger partial charge in [0.2, 0.25) is 0 Å². The van der Waals surface area contributed by atoms with E-state index in [1.54, 1.807) is 0 Å². The molecule has 1 fully saturated rings. The van der Waals surface area contributed by atoms with Crippen molar-refractivity contribution < 1.29 is 5.11 Å². The van der Waals surface area contributed by atoms with Gasteiger partial charge in [-0.3, -0.25) is 0 Å². The lowest BCUT2D eigenvalue weighted by Crippen LogP contribution is -2.43. The van der Waals surface area contributed by atoms with Crippen molar-refractivity contribution >= 4 is 11.6 Å². The van der Waals surface area contributed by atoms with Crippen molar-refractivity contribution in [2.24, 2.45) is 0 Å². The molecule has 20 heavy (non-hydrogen) atoms. The topological polar surface area (TPSA) is 61.3 Å². The molecule has 0 bridgehead atoms. The van der Waals surface area contributed by atoms with E-state index in [4.69, 9.17) is 4.98 Å². The number of rotatable bonds is 2. The number of hydrogen-bond acceptors (Lipinski definition) is 5. The third-order valence-corrected chi connectivity index (χ3v) is 3.80. The standard InChI is InChI=1S/C15H26N4O/c1-14(2,3)13-17-11(16-5)10-12(18-13)19-8-6-15(4,20)7-9-19/h10,20H,6-9H2,1-5H3,(H,16,17,18). The maximum absolute atomic E-state index is 10.1. The molecule has 1 saturated heterocycles. The Balaban J connectivity index is 2.28. The minimum atomic E-state index is -0.539. The summed E-state index contributed by atoms with van der Waals surface area (Å²) in [5, 5.41) is 13.2. The first kappa shape index (κ1) is 15.0. The minimum absolute atomic E-state index is 0.0805. The molecule has 1 aromatic heterocycles. The summed E-state index contributed by atoms with van der Waals surface area (Å²) in [6.45, 7) is 9.92. The van der Waals surface area contributed by atoms with Crippen molar-refractivity contribution in [2.75, 3.05) is 30.4 Å². The zero-order valence-electron chi connectivity index (χ0n) is 13.2. The van der Waals surface area contributed by atoms with Crippen LogP contribution >= 0.6 is 0 Å². The van der Waals surface area contributed by atoms with Crippen LogP contribution in [0.25, 0.3) is 0 Å². The fourth-order valence-electron chi connectivity index (χ4n) is 2.28. The Morgan fingerprint density at radius 1 is 1.25 bits per heavy atom. The lowest BCUT2D eigenvalue weighted by molar-refractivity contribution is 0.0350.